The Labute approximate surface area is 117 Å². The van der Waals surface area contributed by atoms with Crippen LogP contribution >= 0.6 is 0 Å². The molecule has 0 amide bonds. The van der Waals surface area contributed by atoms with Crippen molar-refractivity contribution in [2.75, 3.05) is 39.8 Å². The molecular formula is C16H26N2O. The number of hydrogen-bond acceptors (Lipinski definition) is 3. The van der Waals surface area contributed by atoms with Crippen LogP contribution in [0.3, 0.4) is 0 Å². The smallest absolute Gasteiger partial charge is 0.124 e. The Morgan fingerprint density at radius 2 is 1.95 bits per heavy atom. The van der Waals surface area contributed by atoms with E-state index in [4.69, 9.17) is 4.74 Å². The summed E-state index contributed by atoms with van der Waals surface area (Å²) in [5, 5.41) is 0. The second kappa shape index (κ2) is 6.92. The maximum absolute atomic E-state index is 5.93. The predicted octanol–water partition coefficient (Wildman–Crippen LogP) is 2.40. The summed E-state index contributed by atoms with van der Waals surface area (Å²) in [6, 6.07) is 8.33. The van der Waals surface area contributed by atoms with Crippen molar-refractivity contribution < 1.29 is 4.74 Å². The Hall–Kier alpha value is -1.06. The van der Waals surface area contributed by atoms with E-state index in [1.165, 1.54) is 25.1 Å². The standard InChI is InChI=1S/C16H26N2O/c1-4-17(3)10-5-11-18-12-16(13-18)19-15-8-6-14(2)7-9-15/h6-9,16H,4-5,10-13H2,1-3H3. The van der Waals surface area contributed by atoms with Crippen molar-refractivity contribution in [3.05, 3.63) is 29.8 Å². The minimum Gasteiger partial charge on any atom is -0.488 e. The molecule has 0 aromatic heterocycles. The number of rotatable bonds is 7. The summed E-state index contributed by atoms with van der Waals surface area (Å²) in [7, 11) is 2.18. The third-order valence-corrected chi connectivity index (χ3v) is 3.80. The van der Waals surface area contributed by atoms with Gasteiger partial charge in [-0.25, -0.2) is 0 Å². The second-order valence-electron chi connectivity index (χ2n) is 5.56. The van der Waals surface area contributed by atoms with Gasteiger partial charge in [-0.1, -0.05) is 24.6 Å². The van der Waals surface area contributed by atoms with Gasteiger partial charge in [0.2, 0.25) is 0 Å². The number of hydrogen-bond donors (Lipinski definition) is 0. The minimum atomic E-state index is 0.381. The molecule has 106 valence electrons. The van der Waals surface area contributed by atoms with Gasteiger partial charge in [-0.15, -0.1) is 0 Å². The number of ether oxygens (including phenoxy) is 1. The Morgan fingerprint density at radius 1 is 1.26 bits per heavy atom. The molecule has 1 heterocycles. The highest BCUT2D eigenvalue weighted by Crippen LogP contribution is 2.18. The summed E-state index contributed by atoms with van der Waals surface area (Å²) >= 11 is 0. The fourth-order valence-corrected chi connectivity index (χ4v) is 2.31. The molecule has 0 saturated carbocycles. The molecule has 0 radical (unpaired) electrons. The van der Waals surface area contributed by atoms with Crippen LogP contribution in [0.1, 0.15) is 18.9 Å². The largest absolute Gasteiger partial charge is 0.488 e. The van der Waals surface area contributed by atoms with E-state index < -0.39 is 0 Å². The number of benzene rings is 1. The van der Waals surface area contributed by atoms with Crippen LogP contribution in [0.25, 0.3) is 0 Å². The lowest BCUT2D eigenvalue weighted by molar-refractivity contribution is 0.0182. The molecule has 0 atom stereocenters. The van der Waals surface area contributed by atoms with Crippen LogP contribution in [0.15, 0.2) is 24.3 Å². The first-order valence-electron chi connectivity index (χ1n) is 7.31. The highest BCUT2D eigenvalue weighted by molar-refractivity contribution is 5.26. The molecule has 19 heavy (non-hydrogen) atoms. The van der Waals surface area contributed by atoms with Crippen molar-refractivity contribution in [3.63, 3.8) is 0 Å². The van der Waals surface area contributed by atoms with Crippen LogP contribution in [0.5, 0.6) is 5.75 Å². The molecule has 1 aromatic rings. The van der Waals surface area contributed by atoms with Crippen molar-refractivity contribution in [1.82, 2.24) is 9.80 Å². The minimum absolute atomic E-state index is 0.381. The summed E-state index contributed by atoms with van der Waals surface area (Å²) in [4.78, 5) is 4.84. The lowest BCUT2D eigenvalue weighted by atomic mass is 10.1. The normalized spacial score (nSPS) is 16.6. The van der Waals surface area contributed by atoms with E-state index in [1.807, 2.05) is 0 Å². The summed E-state index contributed by atoms with van der Waals surface area (Å²) in [6.45, 7) is 9.97. The number of aryl methyl sites for hydroxylation is 1. The fourth-order valence-electron chi connectivity index (χ4n) is 2.31. The van der Waals surface area contributed by atoms with Crippen molar-refractivity contribution in [3.8, 4) is 5.75 Å². The zero-order chi connectivity index (χ0) is 13.7. The average Bonchev–Trinajstić information content (AvgIpc) is 2.37. The first kappa shape index (κ1) is 14.4. The average molecular weight is 262 g/mol. The summed E-state index contributed by atoms with van der Waals surface area (Å²) in [5.74, 6) is 1.00. The molecule has 1 fully saturated rings. The molecule has 1 saturated heterocycles. The first-order valence-corrected chi connectivity index (χ1v) is 7.31. The van der Waals surface area contributed by atoms with Gasteiger partial charge in [-0.2, -0.15) is 0 Å². The van der Waals surface area contributed by atoms with Gasteiger partial charge in [0.25, 0.3) is 0 Å². The highest BCUT2D eigenvalue weighted by Gasteiger charge is 2.27. The van der Waals surface area contributed by atoms with Crippen LogP contribution in [0.2, 0.25) is 0 Å². The third kappa shape index (κ3) is 4.51. The van der Waals surface area contributed by atoms with Crippen LogP contribution in [0.4, 0.5) is 0 Å². The highest BCUT2D eigenvalue weighted by atomic mass is 16.5. The zero-order valence-electron chi connectivity index (χ0n) is 12.4. The molecule has 0 aliphatic carbocycles. The van der Waals surface area contributed by atoms with Gasteiger partial charge in [0.15, 0.2) is 0 Å². The lowest BCUT2D eigenvalue weighted by Gasteiger charge is -2.39. The molecule has 1 aliphatic heterocycles. The van der Waals surface area contributed by atoms with Gasteiger partial charge in [-0.3, -0.25) is 4.90 Å². The van der Waals surface area contributed by atoms with Crippen LogP contribution in [0, 0.1) is 6.92 Å². The van der Waals surface area contributed by atoms with E-state index >= 15 is 0 Å². The first-order chi connectivity index (χ1) is 9.17. The van der Waals surface area contributed by atoms with Gasteiger partial charge >= 0.3 is 0 Å². The maximum atomic E-state index is 5.93. The van der Waals surface area contributed by atoms with Crippen molar-refractivity contribution in [2.24, 2.45) is 0 Å². The van der Waals surface area contributed by atoms with Crippen LogP contribution in [-0.4, -0.2) is 55.7 Å². The Balaban J connectivity index is 1.60. The summed E-state index contributed by atoms with van der Waals surface area (Å²) in [5.41, 5.74) is 1.28. The van der Waals surface area contributed by atoms with Crippen molar-refractivity contribution in [1.29, 1.82) is 0 Å². The topological polar surface area (TPSA) is 15.7 Å². The molecule has 0 bridgehead atoms. The van der Waals surface area contributed by atoms with Gasteiger partial charge in [0, 0.05) is 13.1 Å². The molecule has 3 heteroatoms. The quantitative estimate of drug-likeness (QED) is 0.750. The summed E-state index contributed by atoms with van der Waals surface area (Å²) < 4.78 is 5.93. The molecular weight excluding hydrogens is 236 g/mol. The molecule has 0 spiro atoms. The molecule has 1 aromatic carbocycles. The Morgan fingerprint density at radius 3 is 2.58 bits per heavy atom. The second-order valence-corrected chi connectivity index (χ2v) is 5.56. The van der Waals surface area contributed by atoms with Crippen LogP contribution < -0.4 is 4.74 Å². The third-order valence-electron chi connectivity index (χ3n) is 3.80. The Kier molecular flexibility index (Phi) is 5.23. The van der Waals surface area contributed by atoms with E-state index in [-0.39, 0.29) is 0 Å². The predicted molar refractivity (Wildman–Crippen MR) is 79.8 cm³/mol. The number of nitrogens with zero attached hydrogens (tertiary/aromatic N) is 2. The zero-order valence-corrected chi connectivity index (χ0v) is 12.4. The van der Waals surface area contributed by atoms with Gasteiger partial charge in [0.1, 0.15) is 11.9 Å². The van der Waals surface area contributed by atoms with Crippen molar-refractivity contribution >= 4 is 0 Å². The van der Waals surface area contributed by atoms with Crippen LogP contribution in [-0.2, 0) is 0 Å². The van der Waals surface area contributed by atoms with Gasteiger partial charge < -0.3 is 9.64 Å². The fraction of sp³-hybridized carbons (Fsp3) is 0.625. The van der Waals surface area contributed by atoms with E-state index in [1.54, 1.807) is 0 Å². The molecule has 3 nitrogen and oxygen atoms in total. The molecule has 0 N–H and O–H groups in total. The van der Waals surface area contributed by atoms with Gasteiger partial charge in [0.05, 0.1) is 0 Å². The summed E-state index contributed by atoms with van der Waals surface area (Å²) in [6.07, 6.45) is 1.63. The lowest BCUT2D eigenvalue weighted by Crippen LogP contribution is -2.54. The van der Waals surface area contributed by atoms with Gasteiger partial charge in [-0.05, 0) is 52.2 Å². The van der Waals surface area contributed by atoms with E-state index in [0.29, 0.717) is 6.10 Å². The number of likely N-dealkylation sites (tertiary alicyclic amines) is 1. The maximum Gasteiger partial charge on any atom is 0.124 e. The monoisotopic (exact) mass is 262 g/mol. The Bertz CT molecular complexity index is 371. The van der Waals surface area contributed by atoms with E-state index in [0.717, 1.165) is 25.4 Å². The molecule has 2 rings (SSSR count). The van der Waals surface area contributed by atoms with Crippen molar-refractivity contribution in [2.45, 2.75) is 26.4 Å². The SMILES string of the molecule is CCN(C)CCCN1CC(Oc2ccc(C)cc2)C1. The molecule has 1 aliphatic rings. The van der Waals surface area contributed by atoms with E-state index in [2.05, 4.69) is 55.0 Å². The van der Waals surface area contributed by atoms with E-state index in [9.17, 15) is 0 Å². The molecule has 0 unspecified atom stereocenters.